The van der Waals surface area contributed by atoms with Crippen molar-refractivity contribution < 1.29 is 0 Å². The number of rotatable bonds is 3. The quantitative estimate of drug-likeness (QED) is 0.892. The van der Waals surface area contributed by atoms with Crippen LogP contribution in [0.5, 0.6) is 0 Å². The Morgan fingerprint density at radius 3 is 2.47 bits per heavy atom. The van der Waals surface area contributed by atoms with Crippen molar-refractivity contribution in [3.63, 3.8) is 0 Å². The fourth-order valence-corrected chi connectivity index (χ4v) is 2.23. The summed E-state index contributed by atoms with van der Waals surface area (Å²) in [6.45, 7) is 8.99. The second-order valence-corrected chi connectivity index (χ2v) is 4.69. The maximum atomic E-state index is 3.43. The summed E-state index contributed by atoms with van der Waals surface area (Å²) < 4.78 is 0. The van der Waals surface area contributed by atoms with Crippen LogP contribution < -0.4 is 5.32 Å². The van der Waals surface area contributed by atoms with Crippen LogP contribution in [0, 0.1) is 0 Å². The van der Waals surface area contributed by atoms with Gasteiger partial charge in [0.25, 0.3) is 0 Å². The summed E-state index contributed by atoms with van der Waals surface area (Å²) in [5.74, 6) is 0. The van der Waals surface area contributed by atoms with Crippen molar-refractivity contribution in [2.75, 3.05) is 19.6 Å². The van der Waals surface area contributed by atoms with Gasteiger partial charge < -0.3 is 5.32 Å². The van der Waals surface area contributed by atoms with Crippen LogP contribution in [0.25, 0.3) is 0 Å². The van der Waals surface area contributed by atoms with Gasteiger partial charge in [-0.3, -0.25) is 4.90 Å². The molecule has 3 heteroatoms. The smallest absolute Gasteiger partial charge is 0.0237 e. The zero-order valence-electron chi connectivity index (χ0n) is 10.8. The number of nitrogens with one attached hydrogen (secondary N) is 1. The second kappa shape index (κ2) is 7.00. The van der Waals surface area contributed by atoms with E-state index < -0.39 is 0 Å². The van der Waals surface area contributed by atoms with Crippen LogP contribution >= 0.6 is 12.4 Å². The molecular weight excluding hydrogens is 232 g/mol. The predicted molar refractivity (Wildman–Crippen MR) is 75.8 cm³/mol. The second-order valence-electron chi connectivity index (χ2n) is 4.69. The highest BCUT2D eigenvalue weighted by molar-refractivity contribution is 5.85. The van der Waals surface area contributed by atoms with Gasteiger partial charge in [0.05, 0.1) is 0 Å². The molecule has 1 aliphatic heterocycles. The topological polar surface area (TPSA) is 15.3 Å². The summed E-state index contributed by atoms with van der Waals surface area (Å²) in [5.41, 5.74) is 2.86. The number of aryl methyl sites for hydroxylation is 1. The van der Waals surface area contributed by atoms with Crippen molar-refractivity contribution in [2.45, 2.75) is 32.9 Å². The third-order valence-electron chi connectivity index (χ3n) is 3.46. The molecule has 0 bridgehead atoms. The summed E-state index contributed by atoms with van der Waals surface area (Å²) in [6.07, 6.45) is 1.13. The van der Waals surface area contributed by atoms with Crippen LogP contribution in [-0.2, 0) is 13.0 Å². The molecule has 1 saturated heterocycles. The number of hydrogen-bond donors (Lipinski definition) is 1. The van der Waals surface area contributed by atoms with Crippen molar-refractivity contribution in [1.82, 2.24) is 10.2 Å². The normalized spacial score (nSPS) is 20.9. The van der Waals surface area contributed by atoms with E-state index in [0.29, 0.717) is 6.04 Å². The van der Waals surface area contributed by atoms with Gasteiger partial charge >= 0.3 is 0 Å². The molecule has 2 rings (SSSR count). The minimum atomic E-state index is 0. The van der Waals surface area contributed by atoms with Crippen LogP contribution in [0.2, 0.25) is 0 Å². The van der Waals surface area contributed by atoms with Gasteiger partial charge in [-0.15, -0.1) is 12.4 Å². The van der Waals surface area contributed by atoms with Gasteiger partial charge in [-0.05, 0) is 24.5 Å². The van der Waals surface area contributed by atoms with Gasteiger partial charge in [-0.2, -0.15) is 0 Å². The first-order valence-corrected chi connectivity index (χ1v) is 6.32. The lowest BCUT2D eigenvalue weighted by Gasteiger charge is -2.33. The zero-order chi connectivity index (χ0) is 11.4. The SMILES string of the molecule is CCc1ccc(CN2CCNC[C@@H]2C)cc1.Cl. The van der Waals surface area contributed by atoms with Crippen molar-refractivity contribution >= 4 is 12.4 Å². The first-order chi connectivity index (χ1) is 7.79. The average Bonchev–Trinajstić information content (AvgIpc) is 2.33. The minimum Gasteiger partial charge on any atom is -0.314 e. The maximum Gasteiger partial charge on any atom is 0.0237 e. The Bertz CT molecular complexity index is 323. The highest BCUT2D eigenvalue weighted by Gasteiger charge is 2.17. The first kappa shape index (κ1) is 14.5. The van der Waals surface area contributed by atoms with Crippen LogP contribution in [0.3, 0.4) is 0 Å². The molecule has 0 spiro atoms. The van der Waals surface area contributed by atoms with Crippen LogP contribution in [0.1, 0.15) is 25.0 Å². The molecule has 96 valence electrons. The Balaban J connectivity index is 0.00000144. The fourth-order valence-electron chi connectivity index (χ4n) is 2.23. The monoisotopic (exact) mass is 254 g/mol. The lowest BCUT2D eigenvalue weighted by atomic mass is 10.1. The standard InChI is InChI=1S/C14H22N2.ClH/c1-3-13-4-6-14(7-5-13)11-16-9-8-15-10-12(16)2;/h4-7,12,15H,3,8-11H2,1-2H3;1H/t12-;/m0./s1. The summed E-state index contributed by atoms with van der Waals surface area (Å²) >= 11 is 0. The molecule has 0 amide bonds. The van der Waals surface area contributed by atoms with E-state index in [2.05, 4.69) is 48.3 Å². The third-order valence-corrected chi connectivity index (χ3v) is 3.46. The van der Waals surface area contributed by atoms with Gasteiger partial charge in [0, 0.05) is 32.2 Å². The number of piperazine rings is 1. The Morgan fingerprint density at radius 1 is 1.24 bits per heavy atom. The maximum absolute atomic E-state index is 3.43. The number of nitrogens with zero attached hydrogens (tertiary/aromatic N) is 1. The third kappa shape index (κ3) is 3.98. The van der Waals surface area contributed by atoms with Crippen LogP contribution in [0.4, 0.5) is 0 Å². The lowest BCUT2D eigenvalue weighted by molar-refractivity contribution is 0.165. The molecule has 17 heavy (non-hydrogen) atoms. The Morgan fingerprint density at radius 2 is 1.88 bits per heavy atom. The molecule has 0 saturated carbocycles. The van der Waals surface area contributed by atoms with E-state index >= 15 is 0 Å². The van der Waals surface area contributed by atoms with Gasteiger partial charge in [0.15, 0.2) is 0 Å². The molecule has 0 unspecified atom stereocenters. The van der Waals surface area contributed by atoms with Gasteiger partial charge in [-0.1, -0.05) is 31.2 Å². The molecule has 1 fully saturated rings. The first-order valence-electron chi connectivity index (χ1n) is 6.32. The molecule has 0 aromatic heterocycles. The summed E-state index contributed by atoms with van der Waals surface area (Å²) in [5, 5.41) is 3.43. The largest absolute Gasteiger partial charge is 0.314 e. The highest BCUT2D eigenvalue weighted by Crippen LogP contribution is 2.11. The van der Waals surface area contributed by atoms with Crippen molar-refractivity contribution in [2.24, 2.45) is 0 Å². The van der Waals surface area contributed by atoms with E-state index in [4.69, 9.17) is 0 Å². The van der Waals surface area contributed by atoms with E-state index in [-0.39, 0.29) is 12.4 Å². The summed E-state index contributed by atoms with van der Waals surface area (Å²) in [7, 11) is 0. The number of benzene rings is 1. The van der Waals surface area contributed by atoms with E-state index in [1.165, 1.54) is 11.1 Å². The molecule has 1 aromatic rings. The van der Waals surface area contributed by atoms with Gasteiger partial charge in [0.1, 0.15) is 0 Å². The highest BCUT2D eigenvalue weighted by atomic mass is 35.5. The van der Waals surface area contributed by atoms with Crippen molar-refractivity contribution in [1.29, 1.82) is 0 Å². The average molecular weight is 255 g/mol. The van der Waals surface area contributed by atoms with E-state index in [1.54, 1.807) is 0 Å². The molecule has 0 aliphatic carbocycles. The summed E-state index contributed by atoms with van der Waals surface area (Å²) in [6, 6.07) is 9.70. The van der Waals surface area contributed by atoms with E-state index in [0.717, 1.165) is 32.6 Å². The Labute approximate surface area is 111 Å². The lowest BCUT2D eigenvalue weighted by Crippen LogP contribution is -2.49. The number of halogens is 1. The molecule has 1 heterocycles. The molecule has 1 N–H and O–H groups in total. The fraction of sp³-hybridized carbons (Fsp3) is 0.571. The molecule has 1 atom stereocenters. The predicted octanol–water partition coefficient (Wildman–Crippen LogP) is 2.46. The van der Waals surface area contributed by atoms with Gasteiger partial charge in [-0.25, -0.2) is 0 Å². The van der Waals surface area contributed by atoms with Crippen LogP contribution in [-0.4, -0.2) is 30.6 Å². The number of hydrogen-bond acceptors (Lipinski definition) is 2. The minimum absolute atomic E-state index is 0. The van der Waals surface area contributed by atoms with Gasteiger partial charge in [0.2, 0.25) is 0 Å². The van der Waals surface area contributed by atoms with Crippen LogP contribution in [0.15, 0.2) is 24.3 Å². The Hall–Kier alpha value is -0.570. The molecule has 1 aromatic carbocycles. The van der Waals surface area contributed by atoms with Crippen molar-refractivity contribution in [3.8, 4) is 0 Å². The van der Waals surface area contributed by atoms with E-state index in [1.807, 2.05) is 0 Å². The Kier molecular flexibility index (Phi) is 5.96. The zero-order valence-corrected chi connectivity index (χ0v) is 11.6. The molecule has 2 nitrogen and oxygen atoms in total. The summed E-state index contributed by atoms with van der Waals surface area (Å²) in [4.78, 5) is 2.55. The molecular formula is C14H23ClN2. The van der Waals surface area contributed by atoms with E-state index in [9.17, 15) is 0 Å². The van der Waals surface area contributed by atoms with Crippen molar-refractivity contribution in [3.05, 3.63) is 35.4 Å². The molecule has 0 radical (unpaired) electrons. The molecule has 1 aliphatic rings.